The second-order valence-corrected chi connectivity index (χ2v) is 7.44. The van der Waals surface area contributed by atoms with Gasteiger partial charge < -0.3 is 54.7 Å². The molecular weight excluding hydrogens is 444 g/mol. The topological polar surface area (TPSA) is 211 Å². The van der Waals surface area contributed by atoms with Crippen LogP contribution in [0.25, 0.3) is 22.3 Å². The highest BCUT2D eigenvalue weighted by Crippen LogP contribution is 2.39. The monoisotopic (exact) mass is 464 g/mol. The highest BCUT2D eigenvalue weighted by molar-refractivity contribution is 5.88. The lowest BCUT2D eigenvalue weighted by molar-refractivity contribution is -0.277. The molecule has 0 spiro atoms. The molecule has 0 bridgehead atoms. The first kappa shape index (κ1) is 22.6. The van der Waals surface area contributed by atoms with Crippen molar-refractivity contribution in [3.05, 3.63) is 40.6 Å². The smallest absolute Gasteiger partial charge is 0.238 e. The Morgan fingerprint density at radius 1 is 0.909 bits per heavy atom. The minimum atomic E-state index is -1.70. The Morgan fingerprint density at radius 3 is 2.30 bits per heavy atom. The molecule has 8 N–H and O–H groups in total. The fourth-order valence-electron chi connectivity index (χ4n) is 3.52. The molecule has 12 nitrogen and oxygen atoms in total. The summed E-state index contributed by atoms with van der Waals surface area (Å²) in [6.45, 7) is -0.666. The minimum absolute atomic E-state index is 0.0213. The average Bonchev–Trinajstić information content (AvgIpc) is 2.77. The third-order valence-electron chi connectivity index (χ3n) is 5.25. The van der Waals surface area contributed by atoms with Crippen molar-refractivity contribution in [3.8, 4) is 40.1 Å². The molecule has 1 saturated heterocycles. The molecule has 176 valence electrons. The van der Waals surface area contributed by atoms with Gasteiger partial charge in [-0.2, -0.15) is 0 Å². The molecule has 5 atom stereocenters. The normalized spacial score (nSPS) is 25.3. The van der Waals surface area contributed by atoms with E-state index in [4.69, 9.17) is 13.9 Å². The molecule has 3 aromatic rings. The van der Waals surface area contributed by atoms with Gasteiger partial charge in [0.1, 0.15) is 46.9 Å². The standard InChI is InChI=1S/C21H20O12/c22-6-13-15(26)17(28)19(30)21(33-13)32-11-2-1-7(3-9(11)24)20-18(29)16(27)14-10(25)4-8(23)5-12(14)31-20/h1-5,13,15,17,19,21-26,28-30H,6H2/t13-,15+,17+,19+,21-/m0/s1. The summed E-state index contributed by atoms with van der Waals surface area (Å²) in [4.78, 5) is 12.5. The summed E-state index contributed by atoms with van der Waals surface area (Å²) in [6.07, 6.45) is -7.73. The van der Waals surface area contributed by atoms with Gasteiger partial charge in [0.15, 0.2) is 17.3 Å². The number of rotatable bonds is 4. The fourth-order valence-corrected chi connectivity index (χ4v) is 3.52. The van der Waals surface area contributed by atoms with Gasteiger partial charge in [0.2, 0.25) is 17.5 Å². The first-order valence-corrected chi connectivity index (χ1v) is 9.64. The Hall–Kier alpha value is -3.55. The minimum Gasteiger partial charge on any atom is -0.508 e. The van der Waals surface area contributed by atoms with E-state index in [0.717, 1.165) is 18.2 Å². The van der Waals surface area contributed by atoms with Crippen molar-refractivity contribution in [1.82, 2.24) is 0 Å². The molecule has 1 aromatic heterocycles. The van der Waals surface area contributed by atoms with E-state index in [1.165, 1.54) is 12.1 Å². The van der Waals surface area contributed by atoms with Crippen molar-refractivity contribution in [2.45, 2.75) is 30.7 Å². The maximum atomic E-state index is 12.5. The maximum Gasteiger partial charge on any atom is 0.238 e. The van der Waals surface area contributed by atoms with Crippen LogP contribution in [0.2, 0.25) is 0 Å². The highest BCUT2D eigenvalue weighted by atomic mass is 16.7. The molecule has 33 heavy (non-hydrogen) atoms. The highest BCUT2D eigenvalue weighted by Gasteiger charge is 2.45. The summed E-state index contributed by atoms with van der Waals surface area (Å²) in [5.74, 6) is -2.97. The van der Waals surface area contributed by atoms with Crippen molar-refractivity contribution in [2.24, 2.45) is 0 Å². The van der Waals surface area contributed by atoms with Crippen molar-refractivity contribution in [2.75, 3.05) is 6.61 Å². The largest absolute Gasteiger partial charge is 0.508 e. The number of aliphatic hydroxyl groups is 4. The van der Waals surface area contributed by atoms with Gasteiger partial charge in [-0.05, 0) is 18.2 Å². The predicted molar refractivity (Wildman–Crippen MR) is 109 cm³/mol. The molecule has 2 heterocycles. The zero-order chi connectivity index (χ0) is 24.0. The van der Waals surface area contributed by atoms with E-state index in [1.54, 1.807) is 0 Å². The van der Waals surface area contributed by atoms with Crippen LogP contribution in [0.5, 0.6) is 28.7 Å². The number of aliphatic hydroxyl groups excluding tert-OH is 4. The Bertz CT molecular complexity index is 1250. The number of phenols is 3. The molecule has 4 rings (SSSR count). The number of aromatic hydroxyl groups is 4. The van der Waals surface area contributed by atoms with Crippen LogP contribution < -0.4 is 10.2 Å². The number of fused-ring (bicyclic) bond motifs is 1. The number of phenolic OH excluding ortho intramolecular Hbond substituents is 3. The summed E-state index contributed by atoms with van der Waals surface area (Å²) < 4.78 is 16.1. The second kappa shape index (κ2) is 8.42. The van der Waals surface area contributed by atoms with Gasteiger partial charge in [-0.25, -0.2) is 0 Å². The summed E-state index contributed by atoms with van der Waals surface area (Å²) in [7, 11) is 0. The summed E-state index contributed by atoms with van der Waals surface area (Å²) in [5.41, 5.74) is -1.16. The first-order chi connectivity index (χ1) is 15.6. The Kier molecular flexibility index (Phi) is 5.78. The molecular formula is C21H20O12. The lowest BCUT2D eigenvalue weighted by Gasteiger charge is -2.39. The van der Waals surface area contributed by atoms with Gasteiger partial charge >= 0.3 is 0 Å². The Labute approximate surface area is 184 Å². The molecule has 1 aliphatic rings. The number of hydrogen-bond acceptors (Lipinski definition) is 12. The van der Waals surface area contributed by atoms with Crippen LogP contribution in [-0.2, 0) is 4.74 Å². The number of ether oxygens (including phenoxy) is 2. The van der Waals surface area contributed by atoms with Gasteiger partial charge in [0, 0.05) is 17.7 Å². The predicted octanol–water partition coefficient (Wildman–Crippen LogP) is -0.539. The number of benzene rings is 2. The van der Waals surface area contributed by atoms with E-state index < -0.39 is 60.0 Å². The third-order valence-corrected chi connectivity index (χ3v) is 5.25. The second-order valence-electron chi connectivity index (χ2n) is 7.44. The van der Waals surface area contributed by atoms with Crippen LogP contribution in [0.4, 0.5) is 0 Å². The van der Waals surface area contributed by atoms with Crippen molar-refractivity contribution in [3.63, 3.8) is 0 Å². The average molecular weight is 464 g/mol. The van der Waals surface area contributed by atoms with Gasteiger partial charge in [-0.15, -0.1) is 0 Å². The fraction of sp³-hybridized carbons (Fsp3) is 0.286. The van der Waals surface area contributed by atoms with E-state index in [0.29, 0.717) is 0 Å². The lowest BCUT2D eigenvalue weighted by atomic mass is 9.99. The van der Waals surface area contributed by atoms with Crippen LogP contribution in [0.15, 0.2) is 39.5 Å². The molecule has 1 aliphatic heterocycles. The molecule has 0 saturated carbocycles. The quantitative estimate of drug-likeness (QED) is 0.245. The summed E-state index contributed by atoms with van der Waals surface area (Å²) >= 11 is 0. The van der Waals surface area contributed by atoms with Crippen LogP contribution >= 0.6 is 0 Å². The van der Waals surface area contributed by atoms with Crippen molar-refractivity contribution in [1.29, 1.82) is 0 Å². The van der Waals surface area contributed by atoms with Crippen LogP contribution in [-0.4, -0.2) is 78.2 Å². The molecule has 0 unspecified atom stereocenters. The maximum absolute atomic E-state index is 12.5. The van der Waals surface area contributed by atoms with E-state index in [2.05, 4.69) is 0 Å². The lowest BCUT2D eigenvalue weighted by Crippen LogP contribution is -2.60. The third kappa shape index (κ3) is 3.90. The summed E-state index contributed by atoms with van der Waals surface area (Å²) in [5, 5.41) is 78.8. The van der Waals surface area contributed by atoms with Gasteiger partial charge in [-0.3, -0.25) is 4.79 Å². The zero-order valence-corrected chi connectivity index (χ0v) is 16.7. The van der Waals surface area contributed by atoms with E-state index in [9.17, 15) is 45.6 Å². The molecule has 0 amide bonds. The van der Waals surface area contributed by atoms with Crippen molar-refractivity contribution >= 4 is 11.0 Å². The van der Waals surface area contributed by atoms with Crippen LogP contribution in [0, 0.1) is 0 Å². The van der Waals surface area contributed by atoms with Gasteiger partial charge in [0.05, 0.1) is 6.61 Å². The van der Waals surface area contributed by atoms with Crippen molar-refractivity contribution < 1.29 is 54.7 Å². The molecule has 0 radical (unpaired) electrons. The van der Waals surface area contributed by atoms with Gasteiger partial charge in [0.25, 0.3) is 0 Å². The summed E-state index contributed by atoms with van der Waals surface area (Å²) in [6, 6.07) is 5.51. The van der Waals surface area contributed by atoms with E-state index in [-0.39, 0.29) is 33.8 Å². The Morgan fingerprint density at radius 2 is 1.64 bits per heavy atom. The molecule has 0 aliphatic carbocycles. The zero-order valence-electron chi connectivity index (χ0n) is 16.7. The van der Waals surface area contributed by atoms with E-state index >= 15 is 0 Å². The molecule has 1 fully saturated rings. The first-order valence-electron chi connectivity index (χ1n) is 9.64. The Balaban J connectivity index is 1.68. The SMILES string of the molecule is O=c1c(O)c(-c2ccc(O[C@H]3O[C@@H](CO)[C@@H](O)[C@@H](O)[C@H]3O)c(O)c2)oc2cc(O)cc(O)c12. The van der Waals surface area contributed by atoms with Crippen LogP contribution in [0.3, 0.4) is 0 Å². The van der Waals surface area contributed by atoms with Crippen LogP contribution in [0.1, 0.15) is 0 Å². The van der Waals surface area contributed by atoms with E-state index in [1.807, 2.05) is 0 Å². The van der Waals surface area contributed by atoms with Gasteiger partial charge in [-0.1, -0.05) is 0 Å². The number of hydrogen-bond donors (Lipinski definition) is 8. The molecule has 12 heteroatoms. The molecule has 2 aromatic carbocycles.